The zero-order valence-electron chi connectivity index (χ0n) is 11.7. The molecule has 0 radical (unpaired) electrons. The lowest BCUT2D eigenvalue weighted by atomic mass is 10.1. The SMILES string of the molecule is c1ccc(CNc2ccc3c(c2)Cc2ccccc2-3)nc1. The summed E-state index contributed by atoms with van der Waals surface area (Å²) in [7, 11) is 0. The average Bonchev–Trinajstić information content (AvgIpc) is 2.91. The molecule has 0 spiro atoms. The molecule has 3 aromatic rings. The highest BCUT2D eigenvalue weighted by molar-refractivity contribution is 5.78. The number of pyridine rings is 1. The van der Waals surface area contributed by atoms with Crippen LogP contribution in [0.25, 0.3) is 11.1 Å². The monoisotopic (exact) mass is 272 g/mol. The van der Waals surface area contributed by atoms with Gasteiger partial charge in [-0.15, -0.1) is 0 Å². The molecule has 2 aromatic carbocycles. The molecule has 2 heteroatoms. The molecule has 1 aliphatic rings. The van der Waals surface area contributed by atoms with Gasteiger partial charge in [0, 0.05) is 11.9 Å². The van der Waals surface area contributed by atoms with E-state index in [0.29, 0.717) is 0 Å². The van der Waals surface area contributed by atoms with Crippen LogP contribution in [0.15, 0.2) is 66.9 Å². The third-order valence-corrected chi connectivity index (χ3v) is 3.99. The van der Waals surface area contributed by atoms with Gasteiger partial charge in [0.25, 0.3) is 0 Å². The number of rotatable bonds is 3. The van der Waals surface area contributed by atoms with Crippen LogP contribution in [0.5, 0.6) is 0 Å². The number of anilines is 1. The third kappa shape index (κ3) is 2.29. The predicted octanol–water partition coefficient (Wildman–Crippen LogP) is 4.26. The van der Waals surface area contributed by atoms with Gasteiger partial charge < -0.3 is 5.32 Å². The Kier molecular flexibility index (Phi) is 2.93. The fourth-order valence-electron chi connectivity index (χ4n) is 2.95. The van der Waals surface area contributed by atoms with Crippen molar-refractivity contribution in [2.45, 2.75) is 13.0 Å². The summed E-state index contributed by atoms with van der Waals surface area (Å²) in [5.74, 6) is 0. The molecule has 1 aliphatic carbocycles. The normalized spacial score (nSPS) is 11.8. The first kappa shape index (κ1) is 12.2. The molecule has 1 heterocycles. The first-order valence-electron chi connectivity index (χ1n) is 7.25. The Morgan fingerprint density at radius 3 is 2.62 bits per heavy atom. The lowest BCUT2D eigenvalue weighted by Crippen LogP contribution is -2.01. The molecular weight excluding hydrogens is 256 g/mol. The summed E-state index contributed by atoms with van der Waals surface area (Å²) >= 11 is 0. The molecule has 0 atom stereocenters. The van der Waals surface area contributed by atoms with Gasteiger partial charge in [0.2, 0.25) is 0 Å². The van der Waals surface area contributed by atoms with Crippen molar-refractivity contribution in [1.82, 2.24) is 4.98 Å². The van der Waals surface area contributed by atoms with Gasteiger partial charge >= 0.3 is 0 Å². The summed E-state index contributed by atoms with van der Waals surface area (Å²) in [6.45, 7) is 0.757. The third-order valence-electron chi connectivity index (χ3n) is 3.99. The summed E-state index contributed by atoms with van der Waals surface area (Å²) in [5.41, 5.74) is 7.79. The van der Waals surface area contributed by atoms with Gasteiger partial charge in [-0.25, -0.2) is 0 Å². The maximum atomic E-state index is 4.34. The lowest BCUT2D eigenvalue weighted by molar-refractivity contribution is 1.04. The van der Waals surface area contributed by atoms with E-state index in [4.69, 9.17) is 0 Å². The molecule has 0 aliphatic heterocycles. The number of aromatic nitrogens is 1. The van der Waals surface area contributed by atoms with Crippen LogP contribution in [0, 0.1) is 0 Å². The Balaban J connectivity index is 1.56. The maximum absolute atomic E-state index is 4.34. The maximum Gasteiger partial charge on any atom is 0.0594 e. The van der Waals surface area contributed by atoms with Gasteiger partial charge in [0.1, 0.15) is 0 Å². The van der Waals surface area contributed by atoms with Gasteiger partial charge in [-0.3, -0.25) is 4.98 Å². The van der Waals surface area contributed by atoms with E-state index < -0.39 is 0 Å². The van der Waals surface area contributed by atoms with Crippen molar-refractivity contribution >= 4 is 5.69 Å². The van der Waals surface area contributed by atoms with Crippen molar-refractivity contribution in [1.29, 1.82) is 0 Å². The highest BCUT2D eigenvalue weighted by Crippen LogP contribution is 2.37. The van der Waals surface area contributed by atoms with Gasteiger partial charge in [-0.05, 0) is 52.9 Å². The van der Waals surface area contributed by atoms with E-state index in [9.17, 15) is 0 Å². The quantitative estimate of drug-likeness (QED) is 0.602. The highest BCUT2D eigenvalue weighted by Gasteiger charge is 2.17. The Morgan fingerprint density at radius 1 is 0.857 bits per heavy atom. The van der Waals surface area contributed by atoms with E-state index in [2.05, 4.69) is 52.8 Å². The van der Waals surface area contributed by atoms with Gasteiger partial charge in [-0.2, -0.15) is 0 Å². The van der Waals surface area contributed by atoms with Crippen LogP contribution < -0.4 is 5.32 Å². The Bertz CT molecular complexity index is 779. The fraction of sp³-hybridized carbons (Fsp3) is 0.105. The molecular formula is C19H16N2. The minimum absolute atomic E-state index is 0.757. The summed E-state index contributed by atoms with van der Waals surface area (Å²) in [4.78, 5) is 4.34. The average molecular weight is 272 g/mol. The second kappa shape index (κ2) is 5.06. The summed E-state index contributed by atoms with van der Waals surface area (Å²) < 4.78 is 0. The number of hydrogen-bond donors (Lipinski definition) is 1. The predicted molar refractivity (Wildman–Crippen MR) is 86.2 cm³/mol. The van der Waals surface area contributed by atoms with Crippen LogP contribution in [0.4, 0.5) is 5.69 Å². The van der Waals surface area contributed by atoms with Crippen LogP contribution in [0.3, 0.4) is 0 Å². The largest absolute Gasteiger partial charge is 0.379 e. The first-order valence-corrected chi connectivity index (χ1v) is 7.25. The van der Waals surface area contributed by atoms with Gasteiger partial charge in [-0.1, -0.05) is 36.4 Å². The lowest BCUT2D eigenvalue weighted by Gasteiger charge is -2.08. The van der Waals surface area contributed by atoms with Crippen molar-refractivity contribution in [2.24, 2.45) is 0 Å². The summed E-state index contributed by atoms with van der Waals surface area (Å²) in [6.07, 6.45) is 2.86. The smallest absolute Gasteiger partial charge is 0.0594 e. The topological polar surface area (TPSA) is 24.9 Å². The second-order valence-corrected chi connectivity index (χ2v) is 5.38. The molecule has 0 saturated carbocycles. The van der Waals surface area contributed by atoms with Crippen LogP contribution in [0.2, 0.25) is 0 Å². The van der Waals surface area contributed by atoms with Crippen molar-refractivity contribution < 1.29 is 0 Å². The first-order chi connectivity index (χ1) is 10.4. The van der Waals surface area contributed by atoms with E-state index in [1.807, 2.05) is 24.4 Å². The minimum Gasteiger partial charge on any atom is -0.379 e. The summed E-state index contributed by atoms with van der Waals surface area (Å²) in [5, 5.41) is 3.45. The highest BCUT2D eigenvalue weighted by atomic mass is 14.9. The van der Waals surface area contributed by atoms with Crippen LogP contribution in [0.1, 0.15) is 16.8 Å². The Hall–Kier alpha value is -2.61. The van der Waals surface area contributed by atoms with Gasteiger partial charge in [0.05, 0.1) is 12.2 Å². The molecule has 0 amide bonds. The molecule has 21 heavy (non-hydrogen) atoms. The van der Waals surface area contributed by atoms with E-state index in [0.717, 1.165) is 24.3 Å². The molecule has 0 unspecified atom stereocenters. The number of nitrogens with zero attached hydrogens (tertiary/aromatic N) is 1. The van der Waals surface area contributed by atoms with Crippen LogP contribution in [-0.2, 0) is 13.0 Å². The van der Waals surface area contributed by atoms with E-state index in [1.165, 1.54) is 22.3 Å². The van der Waals surface area contributed by atoms with Crippen molar-refractivity contribution in [3.8, 4) is 11.1 Å². The number of hydrogen-bond acceptors (Lipinski definition) is 2. The molecule has 0 saturated heterocycles. The van der Waals surface area contributed by atoms with Crippen molar-refractivity contribution in [3.63, 3.8) is 0 Å². The van der Waals surface area contributed by atoms with Crippen molar-refractivity contribution in [3.05, 3.63) is 83.7 Å². The summed E-state index contributed by atoms with van der Waals surface area (Å²) in [6, 6.07) is 21.3. The Morgan fingerprint density at radius 2 is 1.71 bits per heavy atom. The molecule has 1 aromatic heterocycles. The number of benzene rings is 2. The zero-order valence-corrected chi connectivity index (χ0v) is 11.7. The number of fused-ring (bicyclic) bond motifs is 3. The van der Waals surface area contributed by atoms with E-state index in [1.54, 1.807) is 0 Å². The van der Waals surface area contributed by atoms with E-state index >= 15 is 0 Å². The zero-order chi connectivity index (χ0) is 14.1. The molecule has 2 nitrogen and oxygen atoms in total. The fourth-order valence-corrected chi connectivity index (χ4v) is 2.95. The molecule has 0 bridgehead atoms. The van der Waals surface area contributed by atoms with Crippen LogP contribution >= 0.6 is 0 Å². The second-order valence-electron chi connectivity index (χ2n) is 5.38. The molecule has 1 N–H and O–H groups in total. The standard InChI is InChI=1S/C19H16N2/c1-2-7-18-14(5-1)11-15-12-16(8-9-19(15)18)21-13-17-6-3-4-10-20-17/h1-10,12,21H,11,13H2. The number of nitrogens with one attached hydrogen (secondary N) is 1. The molecule has 4 rings (SSSR count). The van der Waals surface area contributed by atoms with Crippen LogP contribution in [-0.4, -0.2) is 4.98 Å². The van der Waals surface area contributed by atoms with Crippen molar-refractivity contribution in [2.75, 3.05) is 5.32 Å². The molecule has 0 fully saturated rings. The minimum atomic E-state index is 0.757. The van der Waals surface area contributed by atoms with E-state index in [-0.39, 0.29) is 0 Å². The molecule has 102 valence electrons. The van der Waals surface area contributed by atoms with Gasteiger partial charge in [0.15, 0.2) is 0 Å². The Labute approximate surface area is 124 Å².